The molecule has 0 spiro atoms. The van der Waals surface area contributed by atoms with E-state index in [-0.39, 0.29) is 5.91 Å². The third kappa shape index (κ3) is 5.48. The first-order valence-corrected chi connectivity index (χ1v) is 11.4. The highest BCUT2D eigenvalue weighted by molar-refractivity contribution is 7.18. The Bertz CT molecular complexity index is 1020. The predicted octanol–water partition coefficient (Wildman–Crippen LogP) is 4.87. The van der Waals surface area contributed by atoms with E-state index in [1.54, 1.807) is 22.7 Å². The highest BCUT2D eigenvalue weighted by atomic mass is 32.1. The minimum Gasteiger partial charge on any atom is -0.356 e. The number of hydrogen-bond donors (Lipinski definition) is 1. The van der Waals surface area contributed by atoms with E-state index < -0.39 is 0 Å². The van der Waals surface area contributed by atoms with Crippen molar-refractivity contribution in [3.8, 4) is 10.7 Å². The van der Waals surface area contributed by atoms with Crippen molar-refractivity contribution < 1.29 is 9.32 Å². The summed E-state index contributed by atoms with van der Waals surface area (Å²) in [6.45, 7) is 0.697. The van der Waals surface area contributed by atoms with Gasteiger partial charge in [-0.1, -0.05) is 29.8 Å². The van der Waals surface area contributed by atoms with E-state index in [2.05, 4.69) is 26.5 Å². The quantitative estimate of drug-likeness (QED) is 0.366. The number of fused-ring (bicyclic) bond motifs is 1. The Morgan fingerprint density at radius 3 is 2.83 bits per heavy atom. The zero-order chi connectivity index (χ0) is 19.9. The molecule has 0 bridgehead atoms. The summed E-state index contributed by atoms with van der Waals surface area (Å²) in [6, 6.07) is 12.0. The van der Waals surface area contributed by atoms with Crippen LogP contribution in [0.4, 0.5) is 0 Å². The number of thiophene rings is 1. The highest BCUT2D eigenvalue weighted by Crippen LogP contribution is 2.23. The normalized spacial score (nSPS) is 11.2. The van der Waals surface area contributed by atoms with Gasteiger partial charge in [0.25, 0.3) is 0 Å². The second-order valence-electron chi connectivity index (χ2n) is 6.72. The van der Waals surface area contributed by atoms with E-state index in [1.165, 1.54) is 4.70 Å². The average Bonchev–Trinajstić information content (AvgIpc) is 3.48. The van der Waals surface area contributed by atoms with Crippen LogP contribution in [-0.2, 0) is 17.6 Å². The van der Waals surface area contributed by atoms with Crippen LogP contribution in [0.5, 0.6) is 0 Å². The predicted molar refractivity (Wildman–Crippen MR) is 116 cm³/mol. The van der Waals surface area contributed by atoms with Gasteiger partial charge in [-0.3, -0.25) is 4.79 Å². The zero-order valence-corrected chi connectivity index (χ0v) is 17.6. The number of benzene rings is 1. The summed E-state index contributed by atoms with van der Waals surface area (Å²) in [5.41, 5.74) is 1.01. The lowest BCUT2D eigenvalue weighted by molar-refractivity contribution is -0.121. The van der Waals surface area contributed by atoms with Crippen LogP contribution in [0.2, 0.25) is 0 Å². The van der Waals surface area contributed by atoms with Crippen molar-refractivity contribution in [1.82, 2.24) is 20.4 Å². The van der Waals surface area contributed by atoms with Crippen LogP contribution in [0.25, 0.3) is 20.9 Å². The van der Waals surface area contributed by atoms with Gasteiger partial charge in [0.15, 0.2) is 0 Å². The molecule has 0 fully saturated rings. The number of aryl methyl sites for hydroxylation is 2. The topological polar surface area (TPSA) is 80.9 Å². The zero-order valence-electron chi connectivity index (χ0n) is 16.0. The number of nitrogens with zero attached hydrogens (tertiary/aromatic N) is 3. The molecule has 0 radical (unpaired) electrons. The average molecular weight is 427 g/mol. The summed E-state index contributed by atoms with van der Waals surface area (Å²) in [7, 11) is 0. The molecule has 29 heavy (non-hydrogen) atoms. The van der Waals surface area contributed by atoms with Gasteiger partial charge in [-0.25, -0.2) is 4.98 Å². The smallest absolute Gasteiger partial charge is 0.226 e. The van der Waals surface area contributed by atoms with E-state index in [0.29, 0.717) is 31.1 Å². The van der Waals surface area contributed by atoms with Crippen molar-refractivity contribution in [2.24, 2.45) is 0 Å². The first kappa shape index (κ1) is 19.7. The molecule has 0 aliphatic carbocycles. The molecule has 0 aliphatic rings. The number of unbranched alkanes of at least 4 members (excludes halogenated alkanes) is 2. The summed E-state index contributed by atoms with van der Waals surface area (Å²) < 4.78 is 6.47. The standard InChI is InChI=1S/C21H22N4O2S2/c26-18(11-12-20-23-15-7-3-4-8-16(15)29-20)22-13-5-1-2-10-19-24-21(25-27-19)17-9-6-14-28-17/h3-4,6-9,14H,1-2,5,10-13H2,(H,22,26). The van der Waals surface area contributed by atoms with Crippen LogP contribution >= 0.6 is 22.7 Å². The van der Waals surface area contributed by atoms with Crippen molar-refractivity contribution in [3.63, 3.8) is 0 Å². The summed E-state index contributed by atoms with van der Waals surface area (Å²) in [4.78, 5) is 22.1. The van der Waals surface area contributed by atoms with Crippen molar-refractivity contribution in [2.75, 3.05) is 6.54 Å². The monoisotopic (exact) mass is 426 g/mol. The third-order valence-electron chi connectivity index (χ3n) is 4.50. The molecule has 0 aliphatic heterocycles. The summed E-state index contributed by atoms with van der Waals surface area (Å²) >= 11 is 3.26. The van der Waals surface area contributed by atoms with Crippen molar-refractivity contribution in [2.45, 2.75) is 38.5 Å². The van der Waals surface area contributed by atoms with E-state index >= 15 is 0 Å². The summed E-state index contributed by atoms with van der Waals surface area (Å²) in [6.07, 6.45) is 4.85. The van der Waals surface area contributed by atoms with Gasteiger partial charge in [0.05, 0.1) is 20.1 Å². The van der Waals surface area contributed by atoms with E-state index in [1.807, 2.05) is 35.7 Å². The van der Waals surface area contributed by atoms with Crippen molar-refractivity contribution in [1.29, 1.82) is 0 Å². The van der Waals surface area contributed by atoms with E-state index in [0.717, 1.165) is 41.1 Å². The number of nitrogens with one attached hydrogen (secondary N) is 1. The Kier molecular flexibility index (Phi) is 6.63. The number of thiazole rings is 1. The minimum absolute atomic E-state index is 0.0850. The van der Waals surface area contributed by atoms with Gasteiger partial charge >= 0.3 is 0 Å². The van der Waals surface area contributed by atoms with Crippen LogP contribution in [0.15, 0.2) is 46.3 Å². The van der Waals surface area contributed by atoms with Crippen LogP contribution in [-0.4, -0.2) is 27.6 Å². The largest absolute Gasteiger partial charge is 0.356 e. The maximum Gasteiger partial charge on any atom is 0.226 e. The molecule has 4 rings (SSSR count). The molecule has 8 heteroatoms. The fourth-order valence-electron chi connectivity index (χ4n) is 3.00. The van der Waals surface area contributed by atoms with Crippen molar-refractivity contribution in [3.05, 3.63) is 52.7 Å². The second kappa shape index (κ2) is 9.76. The van der Waals surface area contributed by atoms with Crippen LogP contribution in [0.1, 0.15) is 36.6 Å². The first-order valence-electron chi connectivity index (χ1n) is 9.75. The van der Waals surface area contributed by atoms with Gasteiger partial charge < -0.3 is 9.84 Å². The van der Waals surface area contributed by atoms with Gasteiger partial charge in [-0.05, 0) is 36.4 Å². The maximum absolute atomic E-state index is 12.0. The van der Waals surface area contributed by atoms with Crippen LogP contribution in [0, 0.1) is 0 Å². The molecular formula is C21H22N4O2S2. The molecule has 0 unspecified atom stereocenters. The molecule has 1 aromatic carbocycles. The van der Waals surface area contributed by atoms with Crippen LogP contribution in [0.3, 0.4) is 0 Å². The Morgan fingerprint density at radius 2 is 1.97 bits per heavy atom. The number of rotatable bonds is 10. The van der Waals surface area contributed by atoms with Gasteiger partial charge in [0.1, 0.15) is 0 Å². The fourth-order valence-corrected chi connectivity index (χ4v) is 4.62. The Balaban J connectivity index is 1.09. The number of hydrogen-bond acceptors (Lipinski definition) is 7. The molecule has 3 aromatic heterocycles. The summed E-state index contributed by atoms with van der Waals surface area (Å²) in [5, 5.41) is 10.0. The molecule has 4 aromatic rings. The molecule has 150 valence electrons. The molecule has 0 saturated heterocycles. The first-order chi connectivity index (χ1) is 14.3. The second-order valence-corrected chi connectivity index (χ2v) is 8.79. The Morgan fingerprint density at radius 1 is 1.03 bits per heavy atom. The molecule has 1 N–H and O–H groups in total. The maximum atomic E-state index is 12.0. The molecule has 0 saturated carbocycles. The molecule has 1 amide bonds. The Labute approximate surface area is 177 Å². The Hall–Kier alpha value is -2.58. The van der Waals surface area contributed by atoms with Gasteiger partial charge in [0.2, 0.25) is 17.6 Å². The van der Waals surface area contributed by atoms with Crippen LogP contribution < -0.4 is 5.32 Å². The third-order valence-corrected chi connectivity index (χ3v) is 6.47. The number of para-hydroxylation sites is 1. The molecular weight excluding hydrogens is 404 g/mol. The molecule has 6 nitrogen and oxygen atoms in total. The van der Waals surface area contributed by atoms with E-state index in [9.17, 15) is 4.79 Å². The molecule has 0 atom stereocenters. The number of aromatic nitrogens is 3. The highest BCUT2D eigenvalue weighted by Gasteiger charge is 2.09. The lowest BCUT2D eigenvalue weighted by atomic mass is 10.2. The lowest BCUT2D eigenvalue weighted by Crippen LogP contribution is -2.24. The SMILES string of the molecule is O=C(CCc1nc2ccccc2s1)NCCCCCc1nc(-c2cccs2)no1. The van der Waals surface area contributed by atoms with Gasteiger partial charge in [-0.2, -0.15) is 4.98 Å². The number of carbonyl (C=O) groups excluding carboxylic acids is 1. The van der Waals surface area contributed by atoms with Gasteiger partial charge in [0, 0.05) is 25.8 Å². The van der Waals surface area contributed by atoms with E-state index in [4.69, 9.17) is 4.52 Å². The lowest BCUT2D eigenvalue weighted by Gasteiger charge is -2.04. The van der Waals surface area contributed by atoms with Gasteiger partial charge in [-0.15, -0.1) is 22.7 Å². The fraction of sp³-hybridized carbons (Fsp3) is 0.333. The number of amides is 1. The van der Waals surface area contributed by atoms with Crippen molar-refractivity contribution >= 4 is 38.8 Å². The molecule has 3 heterocycles. The summed E-state index contributed by atoms with van der Waals surface area (Å²) in [5.74, 6) is 1.42. The number of carbonyl (C=O) groups is 1. The minimum atomic E-state index is 0.0850.